The highest BCUT2D eigenvalue weighted by molar-refractivity contribution is 9.10. The summed E-state index contributed by atoms with van der Waals surface area (Å²) in [7, 11) is 0. The Morgan fingerprint density at radius 2 is 2.16 bits per heavy atom. The highest BCUT2D eigenvalue weighted by Crippen LogP contribution is 2.27. The summed E-state index contributed by atoms with van der Waals surface area (Å²) in [6, 6.07) is 1.62. The lowest BCUT2D eigenvalue weighted by molar-refractivity contribution is 0.00525. The van der Waals surface area contributed by atoms with Gasteiger partial charge in [0, 0.05) is 17.2 Å². The Morgan fingerprint density at radius 3 is 2.84 bits per heavy atom. The van der Waals surface area contributed by atoms with Crippen molar-refractivity contribution in [3.63, 3.8) is 0 Å². The van der Waals surface area contributed by atoms with E-state index in [1.54, 1.807) is 6.07 Å². The maximum atomic E-state index is 12.0. The van der Waals surface area contributed by atoms with Gasteiger partial charge in [0.05, 0.1) is 11.2 Å². The van der Waals surface area contributed by atoms with Gasteiger partial charge in [0.15, 0.2) is 0 Å². The molecule has 4 nitrogen and oxygen atoms in total. The van der Waals surface area contributed by atoms with Crippen LogP contribution in [0.4, 0.5) is 0 Å². The summed E-state index contributed by atoms with van der Waals surface area (Å²) in [5, 5.41) is 13.2. The van der Waals surface area contributed by atoms with Crippen molar-refractivity contribution >= 4 is 33.4 Å². The lowest BCUT2D eigenvalue weighted by atomic mass is 9.85. The Labute approximate surface area is 125 Å². The summed E-state index contributed by atoms with van der Waals surface area (Å²) >= 11 is 9.14. The van der Waals surface area contributed by atoms with Gasteiger partial charge in [-0.3, -0.25) is 4.79 Å². The minimum absolute atomic E-state index is 0.163. The number of pyridine rings is 1. The van der Waals surface area contributed by atoms with Crippen molar-refractivity contribution in [2.45, 2.75) is 37.7 Å². The van der Waals surface area contributed by atoms with Crippen molar-refractivity contribution in [2.75, 3.05) is 6.54 Å². The molecule has 1 fully saturated rings. The van der Waals surface area contributed by atoms with E-state index in [1.807, 2.05) is 0 Å². The van der Waals surface area contributed by atoms with Gasteiger partial charge in [0.25, 0.3) is 5.91 Å². The molecule has 0 radical (unpaired) electrons. The quantitative estimate of drug-likeness (QED) is 0.826. The van der Waals surface area contributed by atoms with Gasteiger partial charge in [0.1, 0.15) is 5.15 Å². The second kappa shape index (κ2) is 6.20. The van der Waals surface area contributed by atoms with Gasteiger partial charge >= 0.3 is 0 Å². The number of carbonyl (C=O) groups excluding carboxylic acids is 1. The van der Waals surface area contributed by atoms with E-state index in [9.17, 15) is 9.90 Å². The smallest absolute Gasteiger partial charge is 0.254 e. The Hall–Kier alpha value is -0.650. The molecule has 6 heteroatoms. The van der Waals surface area contributed by atoms with Gasteiger partial charge in [-0.15, -0.1) is 0 Å². The molecule has 0 saturated heterocycles. The van der Waals surface area contributed by atoms with E-state index in [-0.39, 0.29) is 17.6 Å². The third-order valence-corrected chi connectivity index (χ3v) is 4.15. The van der Waals surface area contributed by atoms with E-state index in [4.69, 9.17) is 11.6 Å². The van der Waals surface area contributed by atoms with Crippen molar-refractivity contribution in [1.29, 1.82) is 0 Å². The fourth-order valence-corrected chi connectivity index (χ4v) is 2.83. The normalized spacial score (nSPS) is 18.1. The third-order valence-electron chi connectivity index (χ3n) is 3.41. The van der Waals surface area contributed by atoms with Crippen LogP contribution in [0.3, 0.4) is 0 Å². The number of carbonyl (C=O) groups is 1. The van der Waals surface area contributed by atoms with Crippen molar-refractivity contribution in [2.24, 2.45) is 0 Å². The average molecular weight is 348 g/mol. The first kappa shape index (κ1) is 14.8. The van der Waals surface area contributed by atoms with E-state index in [0.717, 1.165) is 32.1 Å². The fraction of sp³-hybridized carbons (Fsp3) is 0.538. The van der Waals surface area contributed by atoms with Gasteiger partial charge < -0.3 is 10.4 Å². The molecule has 0 unspecified atom stereocenters. The van der Waals surface area contributed by atoms with Crippen LogP contribution in [0.1, 0.15) is 42.5 Å². The molecule has 0 bridgehead atoms. The molecule has 1 heterocycles. The molecule has 1 aromatic heterocycles. The van der Waals surface area contributed by atoms with E-state index in [1.165, 1.54) is 6.20 Å². The zero-order valence-corrected chi connectivity index (χ0v) is 12.8. The average Bonchev–Trinajstić information content (AvgIpc) is 2.40. The second-order valence-electron chi connectivity index (χ2n) is 4.96. The number of nitrogens with one attached hydrogen (secondary N) is 1. The van der Waals surface area contributed by atoms with E-state index >= 15 is 0 Å². The molecule has 2 rings (SSSR count). The van der Waals surface area contributed by atoms with Crippen LogP contribution >= 0.6 is 27.5 Å². The lowest BCUT2D eigenvalue weighted by Gasteiger charge is -2.32. The predicted molar refractivity (Wildman–Crippen MR) is 77.3 cm³/mol. The van der Waals surface area contributed by atoms with Gasteiger partial charge in [-0.1, -0.05) is 30.9 Å². The maximum Gasteiger partial charge on any atom is 0.254 e. The van der Waals surface area contributed by atoms with Crippen LogP contribution in [0.15, 0.2) is 16.7 Å². The number of aliphatic hydroxyl groups is 1. The largest absolute Gasteiger partial charge is 0.388 e. The SMILES string of the molecule is O=C(NCC1(O)CCCCC1)c1cc(Br)cnc1Cl. The van der Waals surface area contributed by atoms with Crippen LogP contribution in [0, 0.1) is 0 Å². The van der Waals surface area contributed by atoms with Gasteiger partial charge in [-0.2, -0.15) is 0 Å². The lowest BCUT2D eigenvalue weighted by Crippen LogP contribution is -2.44. The minimum Gasteiger partial charge on any atom is -0.388 e. The number of nitrogens with zero attached hydrogens (tertiary/aromatic N) is 1. The van der Waals surface area contributed by atoms with E-state index in [2.05, 4.69) is 26.2 Å². The molecule has 19 heavy (non-hydrogen) atoms. The molecule has 0 aromatic carbocycles. The molecule has 0 spiro atoms. The highest BCUT2D eigenvalue weighted by Gasteiger charge is 2.29. The molecule has 0 aliphatic heterocycles. The van der Waals surface area contributed by atoms with E-state index in [0.29, 0.717) is 10.0 Å². The van der Waals surface area contributed by atoms with Crippen LogP contribution in [-0.4, -0.2) is 28.1 Å². The molecular weight excluding hydrogens is 332 g/mol. The van der Waals surface area contributed by atoms with Crippen molar-refractivity contribution in [3.8, 4) is 0 Å². The predicted octanol–water partition coefficient (Wildman–Crippen LogP) is 2.92. The Bertz CT molecular complexity index is 476. The fourth-order valence-electron chi connectivity index (χ4n) is 2.31. The van der Waals surface area contributed by atoms with Crippen molar-refractivity contribution in [1.82, 2.24) is 10.3 Å². The number of aromatic nitrogens is 1. The summed E-state index contributed by atoms with van der Waals surface area (Å²) in [5.41, 5.74) is -0.463. The second-order valence-corrected chi connectivity index (χ2v) is 6.23. The van der Waals surface area contributed by atoms with Gasteiger partial charge in [-0.05, 0) is 34.8 Å². The number of amides is 1. The Morgan fingerprint density at radius 1 is 1.47 bits per heavy atom. The Kier molecular flexibility index (Phi) is 4.81. The molecule has 2 N–H and O–H groups in total. The van der Waals surface area contributed by atoms with Crippen LogP contribution < -0.4 is 5.32 Å². The number of halogens is 2. The molecular formula is C13H16BrClN2O2. The molecule has 1 aromatic rings. The van der Waals surface area contributed by atoms with Crippen LogP contribution in [-0.2, 0) is 0 Å². The maximum absolute atomic E-state index is 12.0. The highest BCUT2D eigenvalue weighted by atomic mass is 79.9. The standard InChI is InChI=1S/C13H16BrClN2O2/c14-9-6-10(11(15)16-7-9)12(18)17-8-13(19)4-2-1-3-5-13/h6-7,19H,1-5,8H2,(H,17,18). The molecule has 0 atom stereocenters. The number of rotatable bonds is 3. The summed E-state index contributed by atoms with van der Waals surface area (Å²) in [5.74, 6) is -0.308. The monoisotopic (exact) mass is 346 g/mol. The number of hydrogen-bond acceptors (Lipinski definition) is 3. The van der Waals surface area contributed by atoms with Gasteiger partial charge in [-0.25, -0.2) is 4.98 Å². The summed E-state index contributed by atoms with van der Waals surface area (Å²) < 4.78 is 0.693. The van der Waals surface area contributed by atoms with Crippen molar-refractivity contribution < 1.29 is 9.90 Å². The first-order valence-corrected chi connectivity index (χ1v) is 7.49. The van der Waals surface area contributed by atoms with Crippen LogP contribution in [0.5, 0.6) is 0 Å². The summed E-state index contributed by atoms with van der Waals surface area (Å²) in [6.07, 6.45) is 6.16. The van der Waals surface area contributed by atoms with Crippen molar-refractivity contribution in [3.05, 3.63) is 27.5 Å². The summed E-state index contributed by atoms with van der Waals surface area (Å²) in [6.45, 7) is 0.259. The molecule has 1 amide bonds. The molecule has 1 aliphatic carbocycles. The van der Waals surface area contributed by atoms with Crippen LogP contribution in [0.25, 0.3) is 0 Å². The Balaban J connectivity index is 1.99. The van der Waals surface area contributed by atoms with Crippen LogP contribution in [0.2, 0.25) is 5.15 Å². The zero-order valence-electron chi connectivity index (χ0n) is 10.5. The number of hydrogen-bond donors (Lipinski definition) is 2. The first-order chi connectivity index (χ1) is 9.00. The van der Waals surface area contributed by atoms with Gasteiger partial charge in [0.2, 0.25) is 0 Å². The zero-order chi connectivity index (χ0) is 13.9. The molecule has 1 saturated carbocycles. The molecule has 1 aliphatic rings. The minimum atomic E-state index is -0.778. The first-order valence-electron chi connectivity index (χ1n) is 6.32. The summed E-state index contributed by atoms with van der Waals surface area (Å²) in [4.78, 5) is 15.9. The third kappa shape index (κ3) is 3.91. The molecule has 104 valence electrons. The topological polar surface area (TPSA) is 62.2 Å². The van der Waals surface area contributed by atoms with E-state index < -0.39 is 5.60 Å².